The monoisotopic (exact) mass is 262 g/mol. The average molecular weight is 262 g/mol. The number of amides is 1. The van der Waals surface area contributed by atoms with Crippen LogP contribution in [0.25, 0.3) is 0 Å². The van der Waals surface area contributed by atoms with Crippen molar-refractivity contribution in [1.29, 1.82) is 0 Å². The molecule has 0 aliphatic carbocycles. The number of ether oxygens (including phenoxy) is 1. The molecule has 1 aliphatic rings. The van der Waals surface area contributed by atoms with Crippen LogP contribution in [0.2, 0.25) is 0 Å². The number of piperidine rings is 1. The minimum absolute atomic E-state index is 0.119. The molecule has 0 radical (unpaired) electrons. The van der Waals surface area contributed by atoms with Crippen LogP contribution in [0.3, 0.4) is 0 Å². The Balaban J connectivity index is 1.87. The highest BCUT2D eigenvalue weighted by Crippen LogP contribution is 2.18. The zero-order valence-electron chi connectivity index (χ0n) is 11.7. The van der Waals surface area contributed by atoms with E-state index in [0.717, 1.165) is 42.8 Å². The molecular weight excluding hydrogens is 240 g/mol. The van der Waals surface area contributed by atoms with E-state index < -0.39 is 0 Å². The van der Waals surface area contributed by atoms with Gasteiger partial charge in [-0.3, -0.25) is 4.79 Å². The van der Waals surface area contributed by atoms with Crippen molar-refractivity contribution in [3.8, 4) is 5.75 Å². The topological polar surface area (TPSA) is 50.4 Å². The number of methoxy groups -OCH3 is 1. The summed E-state index contributed by atoms with van der Waals surface area (Å²) >= 11 is 0. The smallest absolute Gasteiger partial charge is 0.224 e. The third-order valence-corrected chi connectivity index (χ3v) is 3.59. The van der Waals surface area contributed by atoms with E-state index in [4.69, 9.17) is 4.74 Å². The number of benzene rings is 1. The van der Waals surface area contributed by atoms with Crippen molar-refractivity contribution >= 4 is 5.91 Å². The molecule has 0 bridgehead atoms. The molecule has 2 N–H and O–H groups in total. The van der Waals surface area contributed by atoms with Crippen LogP contribution in [0.15, 0.2) is 18.2 Å². The summed E-state index contributed by atoms with van der Waals surface area (Å²) in [5.41, 5.74) is 2.20. The zero-order valence-corrected chi connectivity index (χ0v) is 11.7. The summed E-state index contributed by atoms with van der Waals surface area (Å²) in [6.07, 6.45) is 2.07. The molecule has 2 rings (SSSR count). The lowest BCUT2D eigenvalue weighted by atomic mass is 9.99. The maximum absolute atomic E-state index is 12.0. The molecule has 1 heterocycles. The minimum atomic E-state index is 0.119. The molecule has 1 unspecified atom stereocenters. The van der Waals surface area contributed by atoms with Gasteiger partial charge in [0, 0.05) is 13.1 Å². The van der Waals surface area contributed by atoms with E-state index in [9.17, 15) is 4.79 Å². The minimum Gasteiger partial charge on any atom is -0.496 e. The van der Waals surface area contributed by atoms with Gasteiger partial charge in [-0.05, 0) is 43.5 Å². The molecule has 4 heteroatoms. The molecule has 19 heavy (non-hydrogen) atoms. The number of carbonyl (C=O) groups is 1. The Bertz CT molecular complexity index is 440. The van der Waals surface area contributed by atoms with Crippen LogP contribution in [0.4, 0.5) is 0 Å². The van der Waals surface area contributed by atoms with Gasteiger partial charge in [0.1, 0.15) is 5.75 Å². The summed E-state index contributed by atoms with van der Waals surface area (Å²) in [6, 6.07) is 5.99. The van der Waals surface area contributed by atoms with Gasteiger partial charge in [-0.1, -0.05) is 12.1 Å². The van der Waals surface area contributed by atoms with Crippen molar-refractivity contribution in [2.75, 3.05) is 20.2 Å². The van der Waals surface area contributed by atoms with E-state index in [0.29, 0.717) is 6.54 Å². The molecule has 1 aromatic carbocycles. The molecule has 1 aliphatic heterocycles. The lowest BCUT2D eigenvalue weighted by Crippen LogP contribution is -2.40. The van der Waals surface area contributed by atoms with Gasteiger partial charge in [-0.15, -0.1) is 0 Å². The van der Waals surface area contributed by atoms with Crippen LogP contribution >= 0.6 is 0 Å². The standard InChI is InChI=1S/C15H22N2O2/c1-11-8-12(5-6-14(11)19-2)9-17-15(18)13-4-3-7-16-10-13/h5-6,8,13,16H,3-4,7,9-10H2,1-2H3,(H,17,18). The first-order chi connectivity index (χ1) is 9.20. The van der Waals surface area contributed by atoms with Crippen molar-refractivity contribution in [1.82, 2.24) is 10.6 Å². The Kier molecular flexibility index (Phi) is 4.80. The Morgan fingerprint density at radius 1 is 1.53 bits per heavy atom. The van der Waals surface area contributed by atoms with Gasteiger partial charge in [0.05, 0.1) is 13.0 Å². The highest BCUT2D eigenvalue weighted by Gasteiger charge is 2.20. The largest absolute Gasteiger partial charge is 0.496 e. The molecule has 1 aromatic rings. The fourth-order valence-electron chi connectivity index (χ4n) is 2.46. The molecule has 0 aromatic heterocycles. The van der Waals surface area contributed by atoms with Gasteiger partial charge in [0.25, 0.3) is 0 Å². The number of hydrogen-bond donors (Lipinski definition) is 2. The molecule has 1 fully saturated rings. The number of hydrogen-bond acceptors (Lipinski definition) is 3. The Labute approximate surface area is 114 Å². The van der Waals surface area contributed by atoms with Gasteiger partial charge in [0.15, 0.2) is 0 Å². The predicted octanol–water partition coefficient (Wildman–Crippen LogP) is 1.62. The zero-order chi connectivity index (χ0) is 13.7. The SMILES string of the molecule is COc1ccc(CNC(=O)C2CCCNC2)cc1C. The molecule has 1 atom stereocenters. The number of carbonyl (C=O) groups excluding carboxylic acids is 1. The number of aryl methyl sites for hydroxylation is 1. The van der Waals surface area contributed by atoms with Gasteiger partial charge < -0.3 is 15.4 Å². The molecule has 0 saturated carbocycles. The third kappa shape index (κ3) is 3.70. The highest BCUT2D eigenvalue weighted by molar-refractivity contribution is 5.78. The summed E-state index contributed by atoms with van der Waals surface area (Å²) < 4.78 is 5.23. The van der Waals surface area contributed by atoms with Crippen molar-refractivity contribution in [3.05, 3.63) is 29.3 Å². The third-order valence-electron chi connectivity index (χ3n) is 3.59. The first-order valence-corrected chi connectivity index (χ1v) is 6.82. The maximum atomic E-state index is 12.0. The summed E-state index contributed by atoms with van der Waals surface area (Å²) in [5.74, 6) is 1.15. The second-order valence-corrected chi connectivity index (χ2v) is 5.07. The number of rotatable bonds is 4. The second kappa shape index (κ2) is 6.57. The normalized spacial score (nSPS) is 18.9. The lowest BCUT2D eigenvalue weighted by molar-refractivity contribution is -0.125. The van der Waals surface area contributed by atoms with Gasteiger partial charge in [-0.2, -0.15) is 0 Å². The Morgan fingerprint density at radius 3 is 3.00 bits per heavy atom. The first-order valence-electron chi connectivity index (χ1n) is 6.82. The second-order valence-electron chi connectivity index (χ2n) is 5.07. The van der Waals surface area contributed by atoms with E-state index in [1.807, 2.05) is 19.1 Å². The van der Waals surface area contributed by atoms with E-state index in [-0.39, 0.29) is 11.8 Å². The van der Waals surface area contributed by atoms with Crippen LogP contribution in [0.5, 0.6) is 5.75 Å². The molecule has 1 saturated heterocycles. The number of nitrogens with one attached hydrogen (secondary N) is 2. The summed E-state index contributed by atoms with van der Waals surface area (Å²) in [6.45, 7) is 4.42. The van der Waals surface area contributed by atoms with Crippen LogP contribution in [-0.4, -0.2) is 26.1 Å². The van der Waals surface area contributed by atoms with Crippen LogP contribution in [0.1, 0.15) is 24.0 Å². The Hall–Kier alpha value is -1.55. The summed E-state index contributed by atoms with van der Waals surface area (Å²) in [5, 5.41) is 6.27. The summed E-state index contributed by atoms with van der Waals surface area (Å²) in [7, 11) is 1.67. The molecule has 1 amide bonds. The van der Waals surface area contributed by atoms with Gasteiger partial charge >= 0.3 is 0 Å². The van der Waals surface area contributed by atoms with Crippen LogP contribution in [-0.2, 0) is 11.3 Å². The van der Waals surface area contributed by atoms with Gasteiger partial charge in [0.2, 0.25) is 5.91 Å². The van der Waals surface area contributed by atoms with E-state index in [1.54, 1.807) is 7.11 Å². The van der Waals surface area contributed by atoms with Crippen LogP contribution in [0, 0.1) is 12.8 Å². The van der Waals surface area contributed by atoms with Crippen molar-refractivity contribution in [2.45, 2.75) is 26.3 Å². The van der Waals surface area contributed by atoms with Gasteiger partial charge in [-0.25, -0.2) is 0 Å². The molecule has 4 nitrogen and oxygen atoms in total. The van der Waals surface area contributed by atoms with Crippen molar-refractivity contribution in [2.24, 2.45) is 5.92 Å². The molecule has 104 valence electrons. The predicted molar refractivity (Wildman–Crippen MR) is 75.2 cm³/mol. The van der Waals surface area contributed by atoms with Crippen molar-refractivity contribution in [3.63, 3.8) is 0 Å². The van der Waals surface area contributed by atoms with E-state index in [1.165, 1.54) is 0 Å². The van der Waals surface area contributed by atoms with E-state index in [2.05, 4.69) is 16.7 Å². The Morgan fingerprint density at radius 2 is 2.37 bits per heavy atom. The van der Waals surface area contributed by atoms with Crippen molar-refractivity contribution < 1.29 is 9.53 Å². The highest BCUT2D eigenvalue weighted by atomic mass is 16.5. The van der Waals surface area contributed by atoms with Crippen LogP contribution < -0.4 is 15.4 Å². The fourth-order valence-corrected chi connectivity index (χ4v) is 2.46. The summed E-state index contributed by atoms with van der Waals surface area (Å²) in [4.78, 5) is 12.0. The maximum Gasteiger partial charge on any atom is 0.224 e. The molecule has 0 spiro atoms. The first kappa shape index (κ1) is 13.9. The molecular formula is C15H22N2O2. The quantitative estimate of drug-likeness (QED) is 0.867. The lowest BCUT2D eigenvalue weighted by Gasteiger charge is -2.22. The average Bonchev–Trinajstić information content (AvgIpc) is 2.46. The van der Waals surface area contributed by atoms with E-state index >= 15 is 0 Å². The fraction of sp³-hybridized carbons (Fsp3) is 0.533.